The normalized spacial score (nSPS) is 18.8. The molecular weight excluding hydrogens is 427 g/mol. The Labute approximate surface area is 183 Å². The van der Waals surface area contributed by atoms with Gasteiger partial charge < -0.3 is 21.1 Å². The van der Waals surface area contributed by atoms with Crippen LogP contribution in [0.1, 0.15) is 31.2 Å². The molecule has 11 heteroatoms. The molecule has 0 amide bonds. The van der Waals surface area contributed by atoms with E-state index < -0.39 is 11.3 Å². The smallest absolute Gasteiger partial charge is 0.405 e. The predicted molar refractivity (Wildman–Crippen MR) is 114 cm³/mol. The first-order chi connectivity index (χ1) is 15.2. The van der Waals surface area contributed by atoms with Gasteiger partial charge in [0.2, 0.25) is 0 Å². The van der Waals surface area contributed by atoms with E-state index in [-0.39, 0.29) is 23.5 Å². The van der Waals surface area contributed by atoms with Crippen molar-refractivity contribution in [3.63, 3.8) is 0 Å². The molecule has 1 aliphatic rings. The number of nitro groups is 1. The van der Waals surface area contributed by atoms with Gasteiger partial charge in [0.25, 0.3) is 0 Å². The van der Waals surface area contributed by atoms with E-state index in [0.717, 1.165) is 31.9 Å². The van der Waals surface area contributed by atoms with E-state index >= 15 is 0 Å². The number of anilines is 2. The molecule has 0 bridgehead atoms. The monoisotopic (exact) mass is 453 g/mol. The van der Waals surface area contributed by atoms with Crippen molar-refractivity contribution < 1.29 is 22.8 Å². The quantitative estimate of drug-likeness (QED) is 0.373. The van der Waals surface area contributed by atoms with Gasteiger partial charge in [-0.3, -0.25) is 10.1 Å². The minimum atomic E-state index is -4.80. The molecule has 32 heavy (non-hydrogen) atoms. The number of nitrogens with zero attached hydrogens (tertiary/aromatic N) is 2. The Balaban J connectivity index is 1.66. The van der Waals surface area contributed by atoms with E-state index in [2.05, 4.69) is 20.4 Å². The maximum atomic E-state index is 12.6. The number of pyridine rings is 1. The van der Waals surface area contributed by atoms with Gasteiger partial charge in [0.05, 0.1) is 4.92 Å². The largest absolute Gasteiger partial charge is 0.573 e. The highest BCUT2D eigenvalue weighted by Crippen LogP contribution is 2.31. The van der Waals surface area contributed by atoms with E-state index in [0.29, 0.717) is 36.4 Å². The van der Waals surface area contributed by atoms with Crippen molar-refractivity contribution >= 4 is 17.2 Å². The predicted octanol–water partition coefficient (Wildman–Crippen LogP) is 4.68. The second kappa shape index (κ2) is 10.5. The van der Waals surface area contributed by atoms with E-state index in [4.69, 9.17) is 5.73 Å². The van der Waals surface area contributed by atoms with Gasteiger partial charge in [-0.1, -0.05) is 18.2 Å². The van der Waals surface area contributed by atoms with Gasteiger partial charge in [-0.25, -0.2) is 4.98 Å². The number of alkyl halides is 3. The molecule has 8 nitrogen and oxygen atoms in total. The number of hydrogen-bond acceptors (Lipinski definition) is 7. The summed E-state index contributed by atoms with van der Waals surface area (Å²) in [6.45, 7) is 1.27. The van der Waals surface area contributed by atoms with E-state index in [1.807, 2.05) is 0 Å². The molecule has 0 radical (unpaired) electrons. The molecule has 3 rings (SSSR count). The maximum Gasteiger partial charge on any atom is 0.573 e. The van der Waals surface area contributed by atoms with Gasteiger partial charge in [0.1, 0.15) is 23.5 Å². The number of halogens is 3. The summed E-state index contributed by atoms with van der Waals surface area (Å²) in [5, 5.41) is 17.5. The Bertz CT molecular complexity index is 918. The number of nitrogens with two attached hydrogens (primary N) is 1. The number of ether oxygens (including phenoxy) is 1. The standard InChI is InChI=1S/C21H26F3N5O3/c22-21(23,24)32-19-4-2-1-3-16(19)12-27-20-9-17(18(13-28-20)29(30)31)26-11-15-7-5-14(10-25)6-8-15/h1-4,9,13-15H,5-8,10-12,25H2,(H2,26,27,28). The van der Waals surface area contributed by atoms with Crippen LogP contribution in [-0.4, -0.2) is 29.4 Å². The highest BCUT2D eigenvalue weighted by atomic mass is 19.4. The zero-order valence-corrected chi connectivity index (χ0v) is 17.4. The molecule has 0 spiro atoms. The highest BCUT2D eigenvalue weighted by Gasteiger charge is 2.32. The van der Waals surface area contributed by atoms with Crippen LogP contribution in [-0.2, 0) is 6.54 Å². The van der Waals surface area contributed by atoms with Crippen LogP contribution in [0.2, 0.25) is 0 Å². The lowest BCUT2D eigenvalue weighted by Gasteiger charge is -2.27. The first-order valence-electron chi connectivity index (χ1n) is 10.4. The van der Waals surface area contributed by atoms with Crippen molar-refractivity contribution in [1.29, 1.82) is 0 Å². The molecular formula is C21H26F3N5O3. The Kier molecular flexibility index (Phi) is 7.73. The van der Waals surface area contributed by atoms with Crippen molar-refractivity contribution in [2.45, 2.75) is 38.6 Å². The number of hydrogen-bond donors (Lipinski definition) is 3. The van der Waals surface area contributed by atoms with Gasteiger partial charge in [0, 0.05) is 24.7 Å². The molecule has 1 aliphatic carbocycles. The average molecular weight is 453 g/mol. The SMILES string of the molecule is NCC1CCC(CNc2cc(NCc3ccccc3OC(F)(F)F)ncc2[N+](=O)[O-])CC1. The van der Waals surface area contributed by atoms with E-state index in [9.17, 15) is 23.3 Å². The highest BCUT2D eigenvalue weighted by molar-refractivity contribution is 5.65. The molecule has 0 unspecified atom stereocenters. The second-order valence-corrected chi connectivity index (χ2v) is 7.86. The summed E-state index contributed by atoms with van der Waals surface area (Å²) in [5.74, 6) is 0.919. The third kappa shape index (κ3) is 6.71. The van der Waals surface area contributed by atoms with Crippen molar-refractivity contribution in [3.05, 3.63) is 52.2 Å². The fraction of sp³-hybridized carbons (Fsp3) is 0.476. The van der Waals surface area contributed by atoms with Crippen LogP contribution in [0.3, 0.4) is 0 Å². The molecule has 1 heterocycles. The number of aromatic nitrogens is 1. The van der Waals surface area contributed by atoms with Crippen LogP contribution >= 0.6 is 0 Å². The molecule has 1 aromatic carbocycles. The molecule has 4 N–H and O–H groups in total. The van der Waals surface area contributed by atoms with Crippen LogP contribution in [0.5, 0.6) is 5.75 Å². The van der Waals surface area contributed by atoms with Crippen LogP contribution < -0.4 is 21.1 Å². The van der Waals surface area contributed by atoms with Crippen LogP contribution in [0.4, 0.5) is 30.4 Å². The molecule has 0 saturated heterocycles. The summed E-state index contributed by atoms with van der Waals surface area (Å²) < 4.78 is 41.9. The summed E-state index contributed by atoms with van der Waals surface area (Å²) in [4.78, 5) is 14.9. The summed E-state index contributed by atoms with van der Waals surface area (Å²) in [5.41, 5.74) is 6.15. The fourth-order valence-electron chi connectivity index (χ4n) is 3.82. The van der Waals surface area contributed by atoms with Gasteiger partial charge in [-0.05, 0) is 50.1 Å². The molecule has 0 atom stereocenters. The molecule has 1 saturated carbocycles. The molecule has 1 aromatic heterocycles. The second-order valence-electron chi connectivity index (χ2n) is 7.86. The van der Waals surface area contributed by atoms with E-state index in [1.165, 1.54) is 24.3 Å². The Morgan fingerprint density at radius 2 is 1.84 bits per heavy atom. The first kappa shape index (κ1) is 23.6. The van der Waals surface area contributed by atoms with Crippen molar-refractivity contribution in [1.82, 2.24) is 4.98 Å². The van der Waals surface area contributed by atoms with E-state index in [1.54, 1.807) is 6.07 Å². The first-order valence-corrected chi connectivity index (χ1v) is 10.4. The van der Waals surface area contributed by atoms with Crippen molar-refractivity contribution in [2.75, 3.05) is 23.7 Å². The minimum Gasteiger partial charge on any atom is -0.405 e. The topological polar surface area (TPSA) is 115 Å². The summed E-state index contributed by atoms with van der Waals surface area (Å²) in [7, 11) is 0. The van der Waals surface area contributed by atoms with Crippen LogP contribution in [0, 0.1) is 22.0 Å². The molecule has 1 fully saturated rings. The van der Waals surface area contributed by atoms with Crippen LogP contribution in [0.15, 0.2) is 36.5 Å². The molecule has 0 aliphatic heterocycles. The number of nitrogens with one attached hydrogen (secondary N) is 2. The minimum absolute atomic E-state index is 0.000390. The number of rotatable bonds is 9. The van der Waals surface area contributed by atoms with Gasteiger partial charge in [-0.15, -0.1) is 13.2 Å². The molecule has 2 aromatic rings. The molecule has 174 valence electrons. The average Bonchev–Trinajstić information content (AvgIpc) is 2.76. The van der Waals surface area contributed by atoms with Crippen LogP contribution in [0.25, 0.3) is 0 Å². The lowest BCUT2D eigenvalue weighted by atomic mass is 9.82. The lowest BCUT2D eigenvalue weighted by Crippen LogP contribution is -2.25. The van der Waals surface area contributed by atoms with Gasteiger partial charge >= 0.3 is 12.0 Å². The third-order valence-corrected chi connectivity index (χ3v) is 5.62. The van der Waals surface area contributed by atoms with Crippen molar-refractivity contribution in [2.24, 2.45) is 17.6 Å². The van der Waals surface area contributed by atoms with Gasteiger partial charge in [-0.2, -0.15) is 0 Å². The van der Waals surface area contributed by atoms with Gasteiger partial charge in [0.15, 0.2) is 0 Å². The third-order valence-electron chi connectivity index (χ3n) is 5.62. The Morgan fingerprint density at radius 1 is 1.16 bits per heavy atom. The zero-order chi connectivity index (χ0) is 23.1. The number of benzene rings is 1. The fourth-order valence-corrected chi connectivity index (χ4v) is 3.82. The summed E-state index contributed by atoms with van der Waals surface area (Å²) >= 11 is 0. The Hall–Kier alpha value is -3.08. The summed E-state index contributed by atoms with van der Waals surface area (Å²) in [6.07, 6.45) is 0.445. The Morgan fingerprint density at radius 3 is 2.50 bits per heavy atom. The zero-order valence-electron chi connectivity index (χ0n) is 17.4. The maximum absolute atomic E-state index is 12.6. The van der Waals surface area contributed by atoms with Crippen molar-refractivity contribution in [3.8, 4) is 5.75 Å². The lowest BCUT2D eigenvalue weighted by molar-refractivity contribution is -0.384. The summed E-state index contributed by atoms with van der Waals surface area (Å²) in [6, 6.07) is 7.25. The number of para-hydroxylation sites is 1.